The zero-order chi connectivity index (χ0) is 15.8. The molecule has 7 heteroatoms. The number of carbonyl (C=O) groups excluding carboxylic acids is 2. The van der Waals surface area contributed by atoms with Crippen molar-refractivity contribution < 1.29 is 19.1 Å². The normalized spacial score (nSPS) is 10.1. The second-order valence-corrected chi connectivity index (χ2v) is 5.34. The molecule has 1 rings (SSSR count). The van der Waals surface area contributed by atoms with Crippen molar-refractivity contribution in [3.05, 3.63) is 21.6 Å². The fourth-order valence-electron chi connectivity index (χ4n) is 1.61. The van der Waals surface area contributed by atoms with Crippen molar-refractivity contribution in [2.24, 2.45) is 0 Å². The highest BCUT2D eigenvalue weighted by atomic mass is 79.9. The SMILES string of the molecule is CCOC(=O)CCC(=O)Nc1cc(Cl)cc(Br)c1OCC. The van der Waals surface area contributed by atoms with Crippen LogP contribution in [0.5, 0.6) is 5.75 Å². The molecule has 0 aliphatic rings. The number of carbonyl (C=O) groups is 2. The van der Waals surface area contributed by atoms with Gasteiger partial charge in [0.25, 0.3) is 0 Å². The molecule has 0 radical (unpaired) electrons. The van der Waals surface area contributed by atoms with Gasteiger partial charge in [-0.05, 0) is 41.9 Å². The van der Waals surface area contributed by atoms with E-state index in [-0.39, 0.29) is 18.7 Å². The molecule has 1 aromatic carbocycles. The highest BCUT2D eigenvalue weighted by molar-refractivity contribution is 9.10. The Morgan fingerprint density at radius 3 is 2.57 bits per heavy atom. The van der Waals surface area contributed by atoms with E-state index in [1.807, 2.05) is 6.92 Å². The summed E-state index contributed by atoms with van der Waals surface area (Å²) in [7, 11) is 0. The van der Waals surface area contributed by atoms with Gasteiger partial charge in [-0.1, -0.05) is 11.6 Å². The minimum atomic E-state index is -0.398. The van der Waals surface area contributed by atoms with Crippen molar-refractivity contribution in [3.63, 3.8) is 0 Å². The maximum atomic E-state index is 11.9. The van der Waals surface area contributed by atoms with Crippen molar-refractivity contribution in [1.82, 2.24) is 0 Å². The number of halogens is 2. The van der Waals surface area contributed by atoms with Gasteiger partial charge >= 0.3 is 5.97 Å². The summed E-state index contributed by atoms with van der Waals surface area (Å²) in [4.78, 5) is 23.1. The Hall–Kier alpha value is -1.27. The molecule has 116 valence electrons. The van der Waals surface area contributed by atoms with Crippen LogP contribution in [0.3, 0.4) is 0 Å². The van der Waals surface area contributed by atoms with Crippen molar-refractivity contribution in [1.29, 1.82) is 0 Å². The lowest BCUT2D eigenvalue weighted by Gasteiger charge is -2.13. The van der Waals surface area contributed by atoms with Crippen LogP contribution in [-0.4, -0.2) is 25.1 Å². The first-order valence-electron chi connectivity index (χ1n) is 6.55. The van der Waals surface area contributed by atoms with Gasteiger partial charge in [-0.3, -0.25) is 9.59 Å². The summed E-state index contributed by atoms with van der Waals surface area (Å²) in [6.45, 7) is 4.31. The topological polar surface area (TPSA) is 64.6 Å². The van der Waals surface area contributed by atoms with Crippen LogP contribution >= 0.6 is 27.5 Å². The quantitative estimate of drug-likeness (QED) is 0.733. The van der Waals surface area contributed by atoms with Crippen LogP contribution < -0.4 is 10.1 Å². The molecule has 21 heavy (non-hydrogen) atoms. The van der Waals surface area contributed by atoms with E-state index in [0.29, 0.717) is 34.1 Å². The molecule has 0 saturated heterocycles. The lowest BCUT2D eigenvalue weighted by atomic mass is 10.2. The largest absolute Gasteiger partial charge is 0.491 e. The van der Waals surface area contributed by atoms with Gasteiger partial charge in [-0.15, -0.1) is 0 Å². The van der Waals surface area contributed by atoms with Crippen LogP contribution in [0.4, 0.5) is 5.69 Å². The fraction of sp³-hybridized carbons (Fsp3) is 0.429. The maximum Gasteiger partial charge on any atom is 0.306 e. The van der Waals surface area contributed by atoms with Gasteiger partial charge in [0.05, 0.1) is 29.8 Å². The van der Waals surface area contributed by atoms with E-state index in [9.17, 15) is 9.59 Å². The van der Waals surface area contributed by atoms with Gasteiger partial charge in [-0.25, -0.2) is 0 Å². The first-order chi connectivity index (χ1) is 9.97. The summed E-state index contributed by atoms with van der Waals surface area (Å²) in [5.41, 5.74) is 0.463. The van der Waals surface area contributed by atoms with E-state index >= 15 is 0 Å². The third kappa shape index (κ3) is 5.93. The number of benzene rings is 1. The molecular weight excluding hydrogens is 362 g/mol. The van der Waals surface area contributed by atoms with Crippen LogP contribution in [0.2, 0.25) is 5.02 Å². The molecule has 0 saturated carbocycles. The average Bonchev–Trinajstić information content (AvgIpc) is 2.41. The van der Waals surface area contributed by atoms with Gasteiger partial charge < -0.3 is 14.8 Å². The second-order valence-electron chi connectivity index (χ2n) is 4.05. The van der Waals surface area contributed by atoms with Gasteiger partial charge in [0.2, 0.25) is 5.91 Å². The number of amides is 1. The summed E-state index contributed by atoms with van der Waals surface area (Å²) >= 11 is 9.30. The van der Waals surface area contributed by atoms with E-state index in [2.05, 4.69) is 21.2 Å². The van der Waals surface area contributed by atoms with E-state index in [1.165, 1.54) is 0 Å². The molecule has 1 aromatic rings. The van der Waals surface area contributed by atoms with Crippen LogP contribution in [-0.2, 0) is 14.3 Å². The van der Waals surface area contributed by atoms with E-state index in [0.717, 1.165) is 0 Å². The highest BCUT2D eigenvalue weighted by Crippen LogP contribution is 2.36. The highest BCUT2D eigenvalue weighted by Gasteiger charge is 2.14. The standard InChI is InChI=1S/C14H17BrClNO4/c1-3-20-13(19)6-5-12(18)17-11-8-9(16)7-10(15)14(11)21-4-2/h7-8H,3-6H2,1-2H3,(H,17,18). The maximum absolute atomic E-state index is 11.9. The Labute approximate surface area is 137 Å². The molecule has 0 unspecified atom stereocenters. The number of rotatable bonds is 7. The molecule has 1 N–H and O–H groups in total. The summed E-state index contributed by atoms with van der Waals surface area (Å²) in [6, 6.07) is 3.28. The minimum Gasteiger partial charge on any atom is -0.491 e. The molecule has 1 amide bonds. The van der Waals surface area contributed by atoms with E-state index in [1.54, 1.807) is 19.1 Å². The van der Waals surface area contributed by atoms with Crippen LogP contribution in [0.15, 0.2) is 16.6 Å². The first-order valence-corrected chi connectivity index (χ1v) is 7.72. The molecule has 0 heterocycles. The molecule has 0 atom stereocenters. The van der Waals surface area contributed by atoms with Gasteiger partial charge in [0.1, 0.15) is 0 Å². The lowest BCUT2D eigenvalue weighted by molar-refractivity contribution is -0.144. The third-order valence-electron chi connectivity index (χ3n) is 2.43. The molecule has 0 bridgehead atoms. The Morgan fingerprint density at radius 2 is 1.95 bits per heavy atom. The van der Waals surface area contributed by atoms with Crippen LogP contribution in [0.1, 0.15) is 26.7 Å². The first kappa shape index (κ1) is 17.8. The fourth-order valence-corrected chi connectivity index (χ4v) is 2.53. The van der Waals surface area contributed by atoms with Gasteiger partial charge in [0.15, 0.2) is 5.75 Å². The van der Waals surface area contributed by atoms with Crippen molar-refractivity contribution in [2.45, 2.75) is 26.7 Å². The number of nitrogens with one attached hydrogen (secondary N) is 1. The molecule has 0 fully saturated rings. The number of anilines is 1. The van der Waals surface area contributed by atoms with Gasteiger partial charge in [0, 0.05) is 11.4 Å². The predicted molar refractivity (Wildman–Crippen MR) is 84.8 cm³/mol. The van der Waals surface area contributed by atoms with Crippen molar-refractivity contribution in [2.75, 3.05) is 18.5 Å². The Kier molecular flexibility index (Phi) is 7.53. The monoisotopic (exact) mass is 377 g/mol. The number of hydrogen-bond donors (Lipinski definition) is 1. The van der Waals surface area contributed by atoms with Crippen molar-refractivity contribution >= 4 is 45.1 Å². The Bertz CT molecular complexity index is 522. The minimum absolute atomic E-state index is 0.0331. The summed E-state index contributed by atoms with van der Waals surface area (Å²) in [5, 5.41) is 3.15. The Morgan fingerprint density at radius 1 is 1.24 bits per heavy atom. The Balaban J connectivity index is 2.73. The summed E-state index contributed by atoms with van der Waals surface area (Å²) in [6.07, 6.45) is 0.0694. The smallest absolute Gasteiger partial charge is 0.306 e. The van der Waals surface area contributed by atoms with E-state index in [4.69, 9.17) is 21.1 Å². The molecule has 0 spiro atoms. The zero-order valence-corrected chi connectivity index (χ0v) is 14.2. The molecule has 5 nitrogen and oxygen atoms in total. The van der Waals surface area contributed by atoms with Crippen LogP contribution in [0, 0.1) is 0 Å². The lowest BCUT2D eigenvalue weighted by Crippen LogP contribution is -2.15. The predicted octanol–water partition coefficient (Wildman–Crippen LogP) is 3.78. The number of esters is 1. The third-order valence-corrected chi connectivity index (χ3v) is 3.24. The molecule has 0 aliphatic heterocycles. The van der Waals surface area contributed by atoms with E-state index < -0.39 is 5.97 Å². The molecule has 0 aliphatic carbocycles. The number of hydrogen-bond acceptors (Lipinski definition) is 4. The van der Waals surface area contributed by atoms with Gasteiger partial charge in [-0.2, -0.15) is 0 Å². The molecule has 0 aromatic heterocycles. The van der Waals surface area contributed by atoms with Crippen molar-refractivity contribution in [3.8, 4) is 5.75 Å². The second kappa shape index (κ2) is 8.89. The molecular formula is C14H17BrClNO4. The zero-order valence-electron chi connectivity index (χ0n) is 11.9. The summed E-state index contributed by atoms with van der Waals surface area (Å²) < 4.78 is 10.9. The average molecular weight is 379 g/mol. The number of ether oxygens (including phenoxy) is 2. The summed E-state index contributed by atoms with van der Waals surface area (Å²) in [5.74, 6) is -0.200. The van der Waals surface area contributed by atoms with Crippen LogP contribution in [0.25, 0.3) is 0 Å².